The zero-order chi connectivity index (χ0) is 20.2. The number of carbonyl (C=O) groups excluding carboxylic acids is 2. The molecule has 0 radical (unpaired) electrons. The largest absolute Gasteiger partial charge is 0.352 e. The van der Waals surface area contributed by atoms with Crippen molar-refractivity contribution in [2.45, 2.75) is 25.9 Å². The molecule has 146 valence electrons. The minimum absolute atomic E-state index is 0.0855. The normalized spacial score (nSPS) is 15.1. The molecule has 0 spiro atoms. The van der Waals surface area contributed by atoms with Crippen molar-refractivity contribution >= 4 is 17.9 Å². The number of hydrogen-bond acceptors (Lipinski definition) is 3. The van der Waals surface area contributed by atoms with Gasteiger partial charge in [-0.05, 0) is 29.3 Å². The van der Waals surface area contributed by atoms with Crippen LogP contribution in [0.3, 0.4) is 0 Å². The number of nitrogens with zero attached hydrogens (tertiary/aromatic N) is 3. The van der Waals surface area contributed by atoms with Crippen molar-refractivity contribution in [1.82, 2.24) is 20.0 Å². The van der Waals surface area contributed by atoms with Gasteiger partial charge < -0.3 is 10.2 Å². The van der Waals surface area contributed by atoms with E-state index in [9.17, 15) is 9.59 Å². The lowest BCUT2D eigenvalue weighted by Crippen LogP contribution is -2.35. The fourth-order valence-corrected chi connectivity index (χ4v) is 3.53. The molecule has 1 aliphatic rings. The maximum absolute atomic E-state index is 12.6. The molecule has 2 aromatic carbocycles. The first kappa shape index (κ1) is 18.7. The van der Waals surface area contributed by atoms with Gasteiger partial charge in [0.25, 0.3) is 0 Å². The Kier molecular flexibility index (Phi) is 5.24. The first-order valence-corrected chi connectivity index (χ1v) is 9.53. The van der Waals surface area contributed by atoms with Gasteiger partial charge in [0.2, 0.25) is 11.8 Å². The van der Waals surface area contributed by atoms with Crippen LogP contribution >= 0.6 is 0 Å². The summed E-state index contributed by atoms with van der Waals surface area (Å²) in [6.45, 7) is 1.90. The summed E-state index contributed by atoms with van der Waals surface area (Å²) in [7, 11) is 0. The quantitative estimate of drug-likeness (QED) is 0.730. The summed E-state index contributed by atoms with van der Waals surface area (Å²) in [4.78, 5) is 26.3. The summed E-state index contributed by atoms with van der Waals surface area (Å²) >= 11 is 0. The Labute approximate surface area is 169 Å². The van der Waals surface area contributed by atoms with E-state index in [2.05, 4.69) is 10.4 Å². The average molecular weight is 386 g/mol. The second-order valence-corrected chi connectivity index (χ2v) is 7.00. The SMILES string of the molecule is CC(=O)N1C=Cc2ccccc2[C@@H]1CC(=O)NCc1cnn(-c2ccccc2)c1. The predicted molar refractivity (Wildman–Crippen MR) is 111 cm³/mol. The third kappa shape index (κ3) is 4.11. The standard InChI is InChI=1S/C23H22N4O2/c1-17(28)26-12-11-19-7-5-6-10-21(19)22(26)13-23(29)24-14-18-15-25-27(16-18)20-8-3-2-4-9-20/h2-12,15-16,22H,13-14H2,1H3,(H,24,29)/t22-/m0/s1. The van der Waals surface area contributed by atoms with Gasteiger partial charge in [-0.25, -0.2) is 4.68 Å². The fourth-order valence-electron chi connectivity index (χ4n) is 3.53. The van der Waals surface area contributed by atoms with Crippen LogP contribution in [0.4, 0.5) is 0 Å². The number of hydrogen-bond donors (Lipinski definition) is 1. The number of aromatic nitrogens is 2. The second kappa shape index (κ2) is 8.14. The summed E-state index contributed by atoms with van der Waals surface area (Å²) in [6.07, 6.45) is 7.51. The molecule has 0 saturated heterocycles. The highest BCUT2D eigenvalue weighted by Gasteiger charge is 2.28. The van der Waals surface area contributed by atoms with Gasteiger partial charge in [0.05, 0.1) is 24.3 Å². The molecule has 1 aromatic heterocycles. The lowest BCUT2D eigenvalue weighted by Gasteiger charge is -2.32. The lowest BCUT2D eigenvalue weighted by atomic mass is 9.93. The van der Waals surface area contributed by atoms with Gasteiger partial charge in [-0.15, -0.1) is 0 Å². The Bertz CT molecular complexity index is 1060. The van der Waals surface area contributed by atoms with E-state index in [0.29, 0.717) is 6.54 Å². The van der Waals surface area contributed by atoms with E-state index >= 15 is 0 Å². The van der Waals surface area contributed by atoms with Gasteiger partial charge in [-0.1, -0.05) is 42.5 Å². The van der Waals surface area contributed by atoms with Gasteiger partial charge >= 0.3 is 0 Å². The number of amides is 2. The third-order valence-corrected chi connectivity index (χ3v) is 4.99. The lowest BCUT2D eigenvalue weighted by molar-refractivity contribution is -0.130. The number of para-hydroxylation sites is 1. The fraction of sp³-hybridized carbons (Fsp3) is 0.174. The molecule has 29 heavy (non-hydrogen) atoms. The Balaban J connectivity index is 1.42. The van der Waals surface area contributed by atoms with Crippen LogP contribution in [-0.4, -0.2) is 26.5 Å². The maximum Gasteiger partial charge on any atom is 0.223 e. The van der Waals surface area contributed by atoms with Crippen molar-refractivity contribution in [1.29, 1.82) is 0 Å². The van der Waals surface area contributed by atoms with Crippen LogP contribution < -0.4 is 5.32 Å². The highest BCUT2D eigenvalue weighted by atomic mass is 16.2. The summed E-state index contributed by atoms with van der Waals surface area (Å²) < 4.78 is 1.78. The number of carbonyl (C=O) groups is 2. The monoisotopic (exact) mass is 386 g/mol. The minimum Gasteiger partial charge on any atom is -0.352 e. The Morgan fingerprint density at radius 2 is 1.83 bits per heavy atom. The van der Waals surface area contributed by atoms with Crippen molar-refractivity contribution in [2.24, 2.45) is 0 Å². The summed E-state index contributed by atoms with van der Waals surface area (Å²) in [5.41, 5.74) is 3.89. The van der Waals surface area contributed by atoms with E-state index in [4.69, 9.17) is 0 Å². The number of fused-ring (bicyclic) bond motifs is 1. The van der Waals surface area contributed by atoms with Crippen molar-refractivity contribution < 1.29 is 9.59 Å². The summed E-state index contributed by atoms with van der Waals surface area (Å²) in [5.74, 6) is -0.198. The van der Waals surface area contributed by atoms with Crippen LogP contribution in [-0.2, 0) is 16.1 Å². The molecular formula is C23H22N4O2. The molecule has 0 fully saturated rings. The van der Waals surface area contributed by atoms with Crippen LogP contribution in [0, 0.1) is 0 Å². The van der Waals surface area contributed by atoms with E-state index in [1.807, 2.05) is 66.9 Å². The first-order chi connectivity index (χ1) is 14.1. The zero-order valence-corrected chi connectivity index (χ0v) is 16.2. The van der Waals surface area contributed by atoms with Gasteiger partial charge in [0.1, 0.15) is 0 Å². The third-order valence-electron chi connectivity index (χ3n) is 4.99. The molecular weight excluding hydrogens is 364 g/mol. The average Bonchev–Trinajstić information content (AvgIpc) is 3.22. The van der Waals surface area contributed by atoms with Crippen molar-refractivity contribution in [3.05, 3.63) is 89.9 Å². The molecule has 0 unspecified atom stereocenters. The van der Waals surface area contributed by atoms with E-state index in [-0.39, 0.29) is 24.3 Å². The molecule has 0 aliphatic carbocycles. The number of nitrogens with one attached hydrogen (secondary N) is 1. The van der Waals surface area contributed by atoms with Gasteiger partial charge in [0.15, 0.2) is 0 Å². The van der Waals surface area contributed by atoms with E-state index in [1.54, 1.807) is 22.0 Å². The predicted octanol–water partition coefficient (Wildman–Crippen LogP) is 3.45. The second-order valence-electron chi connectivity index (χ2n) is 7.00. The molecule has 1 N–H and O–H groups in total. The van der Waals surface area contributed by atoms with Crippen LogP contribution in [0.1, 0.15) is 36.1 Å². The van der Waals surface area contributed by atoms with Crippen LogP contribution in [0.15, 0.2) is 73.2 Å². The topological polar surface area (TPSA) is 67.2 Å². The molecule has 2 heterocycles. The molecule has 1 atom stereocenters. The highest BCUT2D eigenvalue weighted by molar-refractivity contribution is 5.81. The van der Waals surface area contributed by atoms with Crippen LogP contribution in [0.5, 0.6) is 0 Å². The molecule has 0 bridgehead atoms. The number of rotatable bonds is 5. The highest BCUT2D eigenvalue weighted by Crippen LogP contribution is 2.32. The van der Waals surface area contributed by atoms with Crippen LogP contribution in [0.25, 0.3) is 11.8 Å². The van der Waals surface area contributed by atoms with Crippen LogP contribution in [0.2, 0.25) is 0 Å². The molecule has 3 aromatic rings. The summed E-state index contributed by atoms with van der Waals surface area (Å²) in [6, 6.07) is 17.3. The van der Waals surface area contributed by atoms with Crippen molar-refractivity contribution in [3.63, 3.8) is 0 Å². The molecule has 6 heteroatoms. The molecule has 1 aliphatic heterocycles. The molecule has 2 amide bonds. The first-order valence-electron chi connectivity index (χ1n) is 9.53. The zero-order valence-electron chi connectivity index (χ0n) is 16.2. The van der Waals surface area contributed by atoms with Gasteiger partial charge in [0, 0.05) is 31.4 Å². The van der Waals surface area contributed by atoms with Gasteiger partial charge in [-0.2, -0.15) is 5.10 Å². The molecule has 0 saturated carbocycles. The summed E-state index contributed by atoms with van der Waals surface area (Å²) in [5, 5.41) is 7.30. The number of benzene rings is 2. The van der Waals surface area contributed by atoms with Crippen molar-refractivity contribution in [2.75, 3.05) is 0 Å². The van der Waals surface area contributed by atoms with Crippen molar-refractivity contribution in [3.8, 4) is 5.69 Å². The Morgan fingerprint density at radius 1 is 1.07 bits per heavy atom. The maximum atomic E-state index is 12.6. The smallest absolute Gasteiger partial charge is 0.223 e. The molecule has 6 nitrogen and oxygen atoms in total. The minimum atomic E-state index is -0.305. The molecule has 4 rings (SSSR count). The Morgan fingerprint density at radius 3 is 2.62 bits per heavy atom. The Hall–Kier alpha value is -3.67. The van der Waals surface area contributed by atoms with E-state index in [1.165, 1.54) is 6.92 Å². The van der Waals surface area contributed by atoms with E-state index < -0.39 is 0 Å². The van der Waals surface area contributed by atoms with Gasteiger partial charge in [-0.3, -0.25) is 9.59 Å². The van der Waals surface area contributed by atoms with E-state index in [0.717, 1.165) is 22.4 Å².